The Morgan fingerprint density at radius 2 is 1.76 bits per heavy atom. The standard InChI is InChI=1S/C11H18N2O4/c12-4-3-11(9(14)15)5-7-1-2-8(6-11)13(7)10(16)17/h7-8H,1-6,12H2,(H,14,15)(H,16,17). The molecule has 2 saturated heterocycles. The highest BCUT2D eigenvalue weighted by molar-refractivity contribution is 5.76. The molecule has 96 valence electrons. The smallest absolute Gasteiger partial charge is 0.407 e. The van der Waals surface area contributed by atoms with E-state index in [-0.39, 0.29) is 12.1 Å². The van der Waals surface area contributed by atoms with Crippen LogP contribution in [-0.4, -0.2) is 45.8 Å². The van der Waals surface area contributed by atoms with E-state index in [2.05, 4.69) is 0 Å². The average molecular weight is 242 g/mol. The van der Waals surface area contributed by atoms with Gasteiger partial charge in [0.05, 0.1) is 5.41 Å². The third kappa shape index (κ3) is 1.86. The number of amides is 1. The first-order valence-electron chi connectivity index (χ1n) is 5.95. The van der Waals surface area contributed by atoms with Crippen molar-refractivity contribution < 1.29 is 19.8 Å². The second-order valence-corrected chi connectivity index (χ2v) is 5.11. The summed E-state index contributed by atoms with van der Waals surface area (Å²) < 4.78 is 0. The third-order valence-corrected chi connectivity index (χ3v) is 4.17. The van der Waals surface area contributed by atoms with Crippen LogP contribution in [-0.2, 0) is 4.79 Å². The maximum absolute atomic E-state index is 11.4. The molecule has 0 radical (unpaired) electrons. The number of rotatable bonds is 3. The Morgan fingerprint density at radius 3 is 2.12 bits per heavy atom. The first-order valence-corrected chi connectivity index (χ1v) is 5.95. The second-order valence-electron chi connectivity index (χ2n) is 5.11. The van der Waals surface area contributed by atoms with E-state index in [1.165, 1.54) is 4.90 Å². The minimum Gasteiger partial charge on any atom is -0.481 e. The van der Waals surface area contributed by atoms with Crippen LogP contribution >= 0.6 is 0 Å². The molecule has 17 heavy (non-hydrogen) atoms. The van der Waals surface area contributed by atoms with Crippen LogP contribution in [0, 0.1) is 5.41 Å². The lowest BCUT2D eigenvalue weighted by Gasteiger charge is -2.43. The maximum Gasteiger partial charge on any atom is 0.407 e. The number of carbonyl (C=O) groups is 2. The van der Waals surface area contributed by atoms with Gasteiger partial charge in [0.25, 0.3) is 0 Å². The number of hydrogen-bond acceptors (Lipinski definition) is 3. The van der Waals surface area contributed by atoms with Crippen LogP contribution in [0.5, 0.6) is 0 Å². The van der Waals surface area contributed by atoms with Crippen LogP contribution < -0.4 is 5.73 Å². The second kappa shape index (κ2) is 4.18. The Bertz CT molecular complexity index is 330. The Hall–Kier alpha value is -1.30. The summed E-state index contributed by atoms with van der Waals surface area (Å²) in [6.07, 6.45) is 1.87. The molecule has 0 spiro atoms. The SMILES string of the molecule is NCCC1(C(=O)O)CC2CCC(C1)N2C(=O)O. The first kappa shape index (κ1) is 12.2. The molecule has 6 heteroatoms. The molecule has 4 N–H and O–H groups in total. The van der Waals surface area contributed by atoms with Crippen LogP contribution in [0.1, 0.15) is 32.1 Å². The lowest BCUT2D eigenvalue weighted by atomic mass is 9.72. The van der Waals surface area contributed by atoms with Gasteiger partial charge in [-0.1, -0.05) is 0 Å². The van der Waals surface area contributed by atoms with Gasteiger partial charge in [-0.05, 0) is 38.6 Å². The van der Waals surface area contributed by atoms with Crippen molar-refractivity contribution in [3.8, 4) is 0 Å². The van der Waals surface area contributed by atoms with Crippen LogP contribution in [0.25, 0.3) is 0 Å². The molecule has 0 aliphatic carbocycles. The van der Waals surface area contributed by atoms with Crippen molar-refractivity contribution in [3.63, 3.8) is 0 Å². The summed E-state index contributed by atoms with van der Waals surface area (Å²) >= 11 is 0. The van der Waals surface area contributed by atoms with E-state index in [0.29, 0.717) is 25.8 Å². The van der Waals surface area contributed by atoms with E-state index in [0.717, 1.165) is 12.8 Å². The number of piperidine rings is 1. The van der Waals surface area contributed by atoms with Gasteiger partial charge < -0.3 is 20.8 Å². The maximum atomic E-state index is 11.4. The summed E-state index contributed by atoms with van der Waals surface area (Å²) in [7, 11) is 0. The number of nitrogens with zero attached hydrogens (tertiary/aromatic N) is 1. The Balaban J connectivity index is 2.22. The number of hydrogen-bond donors (Lipinski definition) is 3. The highest BCUT2D eigenvalue weighted by Crippen LogP contribution is 2.47. The zero-order valence-electron chi connectivity index (χ0n) is 9.63. The number of fused-ring (bicyclic) bond motifs is 2. The molecule has 2 atom stereocenters. The van der Waals surface area contributed by atoms with Gasteiger partial charge in [-0.25, -0.2) is 4.79 Å². The van der Waals surface area contributed by atoms with Crippen molar-refractivity contribution in [2.24, 2.45) is 11.1 Å². The molecule has 2 aliphatic rings. The van der Waals surface area contributed by atoms with Crippen molar-refractivity contribution in [1.29, 1.82) is 0 Å². The minimum atomic E-state index is -0.927. The molecule has 0 aromatic carbocycles. The molecule has 2 bridgehead atoms. The monoisotopic (exact) mass is 242 g/mol. The summed E-state index contributed by atoms with van der Waals surface area (Å²) in [4.78, 5) is 24.0. The summed E-state index contributed by atoms with van der Waals surface area (Å²) in [5.74, 6) is -0.829. The van der Waals surface area contributed by atoms with Gasteiger partial charge in [0, 0.05) is 12.1 Å². The fourth-order valence-electron chi connectivity index (χ4n) is 3.42. The van der Waals surface area contributed by atoms with E-state index < -0.39 is 17.5 Å². The molecule has 6 nitrogen and oxygen atoms in total. The Morgan fingerprint density at radius 1 is 1.24 bits per heavy atom. The molecular formula is C11H18N2O4. The lowest BCUT2D eigenvalue weighted by molar-refractivity contribution is -0.154. The van der Waals surface area contributed by atoms with Gasteiger partial charge in [0.15, 0.2) is 0 Å². The lowest BCUT2D eigenvalue weighted by Crippen LogP contribution is -2.53. The van der Waals surface area contributed by atoms with Crippen molar-refractivity contribution in [3.05, 3.63) is 0 Å². The van der Waals surface area contributed by atoms with Crippen LogP contribution in [0.15, 0.2) is 0 Å². The van der Waals surface area contributed by atoms with E-state index >= 15 is 0 Å². The first-order chi connectivity index (χ1) is 8.00. The van der Waals surface area contributed by atoms with Crippen molar-refractivity contribution >= 4 is 12.1 Å². The van der Waals surface area contributed by atoms with Gasteiger partial charge in [-0.15, -0.1) is 0 Å². The topological polar surface area (TPSA) is 104 Å². The number of carboxylic acid groups (broad SMARTS) is 2. The largest absolute Gasteiger partial charge is 0.481 e. The van der Waals surface area contributed by atoms with E-state index in [4.69, 9.17) is 10.8 Å². The van der Waals surface area contributed by atoms with Gasteiger partial charge in [-0.2, -0.15) is 0 Å². The number of aliphatic carboxylic acids is 1. The normalized spacial score (nSPS) is 35.9. The van der Waals surface area contributed by atoms with Gasteiger partial charge in [0.2, 0.25) is 0 Å². The molecule has 0 aromatic heterocycles. The molecule has 2 heterocycles. The average Bonchev–Trinajstić information content (AvgIpc) is 2.52. The highest BCUT2D eigenvalue weighted by atomic mass is 16.4. The van der Waals surface area contributed by atoms with Crippen molar-refractivity contribution in [2.75, 3.05) is 6.54 Å². The van der Waals surface area contributed by atoms with Crippen molar-refractivity contribution in [1.82, 2.24) is 4.90 Å². The predicted molar refractivity (Wildman–Crippen MR) is 59.6 cm³/mol. The van der Waals surface area contributed by atoms with Gasteiger partial charge in [-0.3, -0.25) is 4.79 Å². The molecule has 0 aromatic rings. The third-order valence-electron chi connectivity index (χ3n) is 4.17. The zero-order chi connectivity index (χ0) is 12.6. The van der Waals surface area contributed by atoms with Crippen LogP contribution in [0.2, 0.25) is 0 Å². The molecular weight excluding hydrogens is 224 g/mol. The molecule has 2 fully saturated rings. The number of nitrogens with two attached hydrogens (primary N) is 1. The zero-order valence-corrected chi connectivity index (χ0v) is 9.63. The Kier molecular flexibility index (Phi) is 2.99. The number of carboxylic acids is 1. The summed E-state index contributed by atoms with van der Waals surface area (Å²) in [6, 6.07) is -0.289. The van der Waals surface area contributed by atoms with E-state index in [9.17, 15) is 14.7 Å². The van der Waals surface area contributed by atoms with Crippen molar-refractivity contribution in [2.45, 2.75) is 44.2 Å². The molecule has 2 unspecified atom stereocenters. The van der Waals surface area contributed by atoms with Gasteiger partial charge in [0.1, 0.15) is 0 Å². The fourth-order valence-corrected chi connectivity index (χ4v) is 3.42. The summed E-state index contributed by atoms with van der Waals surface area (Å²) in [5, 5.41) is 18.5. The minimum absolute atomic E-state index is 0.145. The molecule has 0 saturated carbocycles. The fraction of sp³-hybridized carbons (Fsp3) is 0.818. The summed E-state index contributed by atoms with van der Waals surface area (Å²) in [6.45, 7) is 0.332. The molecule has 1 amide bonds. The van der Waals surface area contributed by atoms with Crippen LogP contribution in [0.4, 0.5) is 4.79 Å². The molecule has 2 rings (SSSR count). The van der Waals surface area contributed by atoms with E-state index in [1.807, 2.05) is 0 Å². The highest BCUT2D eigenvalue weighted by Gasteiger charge is 2.53. The quantitative estimate of drug-likeness (QED) is 0.676. The van der Waals surface area contributed by atoms with E-state index in [1.54, 1.807) is 0 Å². The summed E-state index contributed by atoms with van der Waals surface area (Å²) in [5.41, 5.74) is 4.68. The predicted octanol–water partition coefficient (Wildman–Crippen LogP) is 0.711. The van der Waals surface area contributed by atoms with Gasteiger partial charge >= 0.3 is 12.1 Å². The Labute approximate surface area is 99.4 Å². The van der Waals surface area contributed by atoms with Crippen LogP contribution in [0.3, 0.4) is 0 Å². The molecule has 2 aliphatic heterocycles.